The maximum absolute atomic E-state index is 12.0. The number of rotatable bonds is 4. The summed E-state index contributed by atoms with van der Waals surface area (Å²) in [6.45, 7) is -1.64. The number of carbonyl (C=O) groups is 2. The topological polar surface area (TPSA) is 58.6 Å². The highest BCUT2D eigenvalue weighted by molar-refractivity contribution is 5.98. The van der Waals surface area contributed by atoms with Gasteiger partial charge in [0.2, 0.25) is 11.8 Å². The van der Waals surface area contributed by atoms with Crippen LogP contribution in [-0.4, -0.2) is 54.7 Å². The van der Waals surface area contributed by atoms with Crippen molar-refractivity contribution in [2.75, 3.05) is 26.3 Å². The summed E-state index contributed by atoms with van der Waals surface area (Å²) in [5, 5.41) is 2.56. The van der Waals surface area contributed by atoms with E-state index in [0.29, 0.717) is 12.8 Å². The van der Waals surface area contributed by atoms with E-state index in [9.17, 15) is 22.8 Å². The van der Waals surface area contributed by atoms with Crippen molar-refractivity contribution in [1.29, 1.82) is 0 Å². The fraction of sp³-hybridized carbons (Fsp3) is 0.833. The fourth-order valence-electron chi connectivity index (χ4n) is 2.92. The zero-order chi connectivity index (χ0) is 14.8. The van der Waals surface area contributed by atoms with Crippen LogP contribution in [0.15, 0.2) is 0 Å². The van der Waals surface area contributed by atoms with E-state index in [0.717, 1.165) is 12.8 Å². The summed E-state index contributed by atoms with van der Waals surface area (Å²) >= 11 is 0. The molecule has 1 spiro atoms. The number of amides is 2. The molecule has 0 unspecified atom stereocenters. The minimum absolute atomic E-state index is 0.0162. The first-order valence-corrected chi connectivity index (χ1v) is 6.58. The van der Waals surface area contributed by atoms with E-state index in [4.69, 9.17) is 0 Å². The molecule has 1 saturated heterocycles. The fourth-order valence-corrected chi connectivity index (χ4v) is 2.92. The van der Waals surface area contributed by atoms with Gasteiger partial charge in [0.1, 0.15) is 12.1 Å². The molecule has 8 heteroatoms. The second-order valence-corrected chi connectivity index (χ2v) is 5.13. The zero-order valence-electron chi connectivity index (χ0n) is 11.0. The Morgan fingerprint density at radius 2 is 1.90 bits per heavy atom. The van der Waals surface area contributed by atoms with Crippen LogP contribution >= 0.6 is 0 Å². The number of piperazine rings is 1. The lowest BCUT2D eigenvalue weighted by molar-refractivity contribution is -0.177. The van der Waals surface area contributed by atoms with Gasteiger partial charge in [-0.05, 0) is 12.8 Å². The number of ether oxygens (including phenoxy) is 1. The third-order valence-corrected chi connectivity index (χ3v) is 3.80. The molecule has 0 aromatic rings. The molecule has 1 aliphatic heterocycles. The molecule has 20 heavy (non-hydrogen) atoms. The molecule has 0 bridgehead atoms. The van der Waals surface area contributed by atoms with Gasteiger partial charge in [0.15, 0.2) is 0 Å². The van der Waals surface area contributed by atoms with E-state index in [-0.39, 0.29) is 31.5 Å². The summed E-state index contributed by atoms with van der Waals surface area (Å²) in [6.07, 6.45) is -1.59. The Kier molecular flexibility index (Phi) is 4.22. The summed E-state index contributed by atoms with van der Waals surface area (Å²) in [6, 6.07) is 0. The molecule has 0 radical (unpaired) electrons. The van der Waals surface area contributed by atoms with Crippen LogP contribution < -0.4 is 5.32 Å². The number of hydrogen-bond donors (Lipinski definition) is 1. The van der Waals surface area contributed by atoms with E-state index in [1.165, 1.54) is 4.90 Å². The minimum Gasteiger partial charge on any atom is -0.370 e. The third kappa shape index (κ3) is 3.05. The Morgan fingerprint density at radius 1 is 1.25 bits per heavy atom. The highest BCUT2D eigenvalue weighted by Crippen LogP contribution is 2.37. The van der Waals surface area contributed by atoms with Gasteiger partial charge in [0.05, 0.1) is 13.2 Å². The van der Waals surface area contributed by atoms with Gasteiger partial charge >= 0.3 is 6.18 Å². The van der Waals surface area contributed by atoms with Gasteiger partial charge in [-0.3, -0.25) is 9.59 Å². The number of alkyl halides is 3. The SMILES string of the molecule is O=C1CNC(=O)C2(CCCC2)N1CCOCC(F)(F)F. The molecule has 2 fully saturated rings. The average Bonchev–Trinajstić information content (AvgIpc) is 2.82. The first-order chi connectivity index (χ1) is 9.35. The highest BCUT2D eigenvalue weighted by Gasteiger charge is 2.50. The summed E-state index contributed by atoms with van der Waals surface area (Å²) in [7, 11) is 0. The number of nitrogens with one attached hydrogen (secondary N) is 1. The normalized spacial score (nSPS) is 22.4. The molecule has 2 amide bonds. The lowest BCUT2D eigenvalue weighted by atomic mass is 9.91. The Bertz CT molecular complexity index is 392. The van der Waals surface area contributed by atoms with E-state index < -0.39 is 18.3 Å². The number of hydrogen-bond acceptors (Lipinski definition) is 3. The maximum atomic E-state index is 12.0. The lowest BCUT2D eigenvalue weighted by Crippen LogP contribution is -2.66. The van der Waals surface area contributed by atoms with Crippen LogP contribution in [0.4, 0.5) is 13.2 Å². The van der Waals surface area contributed by atoms with Gasteiger partial charge in [-0.1, -0.05) is 12.8 Å². The van der Waals surface area contributed by atoms with E-state index in [2.05, 4.69) is 10.1 Å². The summed E-state index contributed by atoms with van der Waals surface area (Å²) in [4.78, 5) is 25.4. The largest absolute Gasteiger partial charge is 0.411 e. The van der Waals surface area contributed by atoms with Crippen molar-refractivity contribution in [2.45, 2.75) is 37.4 Å². The molecule has 0 aromatic heterocycles. The second kappa shape index (κ2) is 5.59. The Hall–Kier alpha value is -1.31. The van der Waals surface area contributed by atoms with Crippen LogP contribution in [0.3, 0.4) is 0 Å². The van der Waals surface area contributed by atoms with E-state index in [1.54, 1.807) is 0 Å². The quantitative estimate of drug-likeness (QED) is 0.782. The summed E-state index contributed by atoms with van der Waals surface area (Å²) < 4.78 is 40.5. The Balaban J connectivity index is 1.96. The summed E-state index contributed by atoms with van der Waals surface area (Å²) in [5.41, 5.74) is -0.878. The number of nitrogens with zero attached hydrogens (tertiary/aromatic N) is 1. The number of halogens is 3. The molecule has 0 atom stereocenters. The smallest absolute Gasteiger partial charge is 0.370 e. The van der Waals surface area contributed by atoms with Gasteiger partial charge in [0, 0.05) is 6.54 Å². The monoisotopic (exact) mass is 294 g/mol. The Labute approximate surface area is 114 Å². The van der Waals surface area contributed by atoms with Crippen molar-refractivity contribution < 1.29 is 27.5 Å². The molecule has 1 N–H and O–H groups in total. The standard InChI is InChI=1S/C12H17F3N2O3/c13-12(14,15)8-20-6-5-17-9(18)7-16-10(19)11(17)3-1-2-4-11/h1-8H2,(H,16,19). The molecular formula is C12H17F3N2O3. The maximum Gasteiger partial charge on any atom is 0.411 e. The van der Waals surface area contributed by atoms with Crippen LogP contribution in [-0.2, 0) is 14.3 Å². The summed E-state index contributed by atoms with van der Waals surface area (Å²) in [5.74, 6) is -0.465. The van der Waals surface area contributed by atoms with E-state index in [1.807, 2.05) is 0 Å². The first-order valence-electron chi connectivity index (χ1n) is 6.58. The predicted molar refractivity (Wildman–Crippen MR) is 62.8 cm³/mol. The molecular weight excluding hydrogens is 277 g/mol. The molecule has 5 nitrogen and oxygen atoms in total. The molecule has 1 aliphatic carbocycles. The Morgan fingerprint density at radius 3 is 2.50 bits per heavy atom. The van der Waals surface area contributed by atoms with Crippen LogP contribution in [0.1, 0.15) is 25.7 Å². The minimum atomic E-state index is -4.38. The van der Waals surface area contributed by atoms with Crippen LogP contribution in [0.5, 0.6) is 0 Å². The van der Waals surface area contributed by atoms with Crippen LogP contribution in [0.2, 0.25) is 0 Å². The van der Waals surface area contributed by atoms with Gasteiger partial charge in [0.25, 0.3) is 0 Å². The van der Waals surface area contributed by atoms with Crippen molar-refractivity contribution in [3.63, 3.8) is 0 Å². The number of carbonyl (C=O) groups excluding carboxylic acids is 2. The van der Waals surface area contributed by atoms with Gasteiger partial charge in [-0.2, -0.15) is 13.2 Å². The van der Waals surface area contributed by atoms with E-state index >= 15 is 0 Å². The van der Waals surface area contributed by atoms with Crippen molar-refractivity contribution >= 4 is 11.8 Å². The molecule has 2 rings (SSSR count). The highest BCUT2D eigenvalue weighted by atomic mass is 19.4. The molecule has 0 aromatic carbocycles. The average molecular weight is 294 g/mol. The molecule has 114 valence electrons. The van der Waals surface area contributed by atoms with Crippen molar-refractivity contribution in [3.05, 3.63) is 0 Å². The van der Waals surface area contributed by atoms with Crippen molar-refractivity contribution in [2.24, 2.45) is 0 Å². The lowest BCUT2D eigenvalue weighted by Gasteiger charge is -2.43. The van der Waals surface area contributed by atoms with Crippen molar-refractivity contribution in [3.8, 4) is 0 Å². The second-order valence-electron chi connectivity index (χ2n) is 5.13. The zero-order valence-corrected chi connectivity index (χ0v) is 11.0. The molecule has 2 aliphatic rings. The van der Waals surface area contributed by atoms with Crippen LogP contribution in [0.25, 0.3) is 0 Å². The van der Waals surface area contributed by atoms with Gasteiger partial charge < -0.3 is 15.0 Å². The third-order valence-electron chi connectivity index (χ3n) is 3.80. The predicted octanol–water partition coefficient (Wildman–Crippen LogP) is 0.836. The van der Waals surface area contributed by atoms with Crippen LogP contribution in [0, 0.1) is 0 Å². The van der Waals surface area contributed by atoms with Gasteiger partial charge in [-0.25, -0.2) is 0 Å². The van der Waals surface area contributed by atoms with Gasteiger partial charge in [-0.15, -0.1) is 0 Å². The first kappa shape index (κ1) is 15.1. The van der Waals surface area contributed by atoms with Crippen molar-refractivity contribution in [1.82, 2.24) is 10.2 Å². The molecule has 1 saturated carbocycles. The molecule has 1 heterocycles.